The van der Waals surface area contributed by atoms with Crippen molar-refractivity contribution < 1.29 is 23.1 Å². The first-order valence-corrected chi connectivity index (χ1v) is 12.8. The lowest BCUT2D eigenvalue weighted by Crippen LogP contribution is -2.49. The molecule has 0 unspecified atom stereocenters. The van der Waals surface area contributed by atoms with E-state index in [0.29, 0.717) is 71.1 Å². The summed E-state index contributed by atoms with van der Waals surface area (Å²) in [5.41, 5.74) is 2.74. The molecule has 2 saturated carbocycles. The summed E-state index contributed by atoms with van der Waals surface area (Å²) in [7, 11) is 0. The van der Waals surface area contributed by atoms with Crippen LogP contribution in [0.5, 0.6) is 5.75 Å². The summed E-state index contributed by atoms with van der Waals surface area (Å²) in [6.07, 6.45) is 3.77. The topological polar surface area (TPSA) is 109 Å². The van der Waals surface area contributed by atoms with Crippen molar-refractivity contribution >= 4 is 22.8 Å². The Morgan fingerprint density at radius 1 is 1.16 bits per heavy atom. The van der Waals surface area contributed by atoms with Crippen molar-refractivity contribution in [2.45, 2.75) is 70.6 Å². The minimum atomic E-state index is -1.24. The molecule has 2 aliphatic rings. The lowest BCUT2D eigenvalue weighted by atomic mass is 9.89. The first-order chi connectivity index (χ1) is 17.8. The first-order valence-electron chi connectivity index (χ1n) is 12.8. The van der Waals surface area contributed by atoms with Crippen LogP contribution in [0.1, 0.15) is 61.5 Å². The van der Waals surface area contributed by atoms with Crippen LogP contribution < -0.4 is 15.4 Å². The lowest BCUT2D eigenvalue weighted by Gasteiger charge is -2.32. The number of aromatic nitrogens is 3. The van der Waals surface area contributed by atoms with E-state index in [4.69, 9.17) is 4.74 Å². The maximum atomic E-state index is 14.7. The minimum absolute atomic E-state index is 0.118. The zero-order valence-electron chi connectivity index (χ0n) is 20.9. The summed E-state index contributed by atoms with van der Waals surface area (Å²) in [4.78, 5) is 36.9. The minimum Gasteiger partial charge on any atom is -0.493 e. The molecule has 8 nitrogen and oxygen atoms in total. The van der Waals surface area contributed by atoms with Crippen LogP contribution >= 0.6 is 0 Å². The average molecular weight is 512 g/mol. The van der Waals surface area contributed by atoms with E-state index in [0.717, 1.165) is 12.8 Å². The molecule has 3 aromatic rings. The number of fused-ring (bicyclic) bond motifs is 1. The van der Waals surface area contributed by atoms with E-state index < -0.39 is 18.0 Å². The normalized spacial score (nSPS) is 21.6. The van der Waals surface area contributed by atoms with Crippen LogP contribution in [0, 0.1) is 18.7 Å². The molecule has 2 amide bonds. The number of ether oxygens (including phenoxy) is 1. The predicted octanol–water partition coefficient (Wildman–Crippen LogP) is 4.38. The van der Waals surface area contributed by atoms with Gasteiger partial charge in [-0.25, -0.2) is 18.7 Å². The molecule has 37 heavy (non-hydrogen) atoms. The van der Waals surface area contributed by atoms with Gasteiger partial charge in [0.05, 0.1) is 23.7 Å². The molecule has 3 N–H and O–H groups in total. The van der Waals surface area contributed by atoms with Crippen molar-refractivity contribution in [2.75, 3.05) is 6.61 Å². The second-order valence-electron chi connectivity index (χ2n) is 9.99. The van der Waals surface area contributed by atoms with Gasteiger partial charge < -0.3 is 20.4 Å². The van der Waals surface area contributed by atoms with Crippen LogP contribution in [-0.2, 0) is 4.79 Å². The fraction of sp³-hybridized carbons (Fsp3) is 0.481. The lowest BCUT2D eigenvalue weighted by molar-refractivity contribution is -0.122. The Morgan fingerprint density at radius 3 is 2.70 bits per heavy atom. The van der Waals surface area contributed by atoms with Crippen molar-refractivity contribution in [1.29, 1.82) is 0 Å². The van der Waals surface area contributed by atoms with E-state index in [1.54, 1.807) is 19.9 Å². The van der Waals surface area contributed by atoms with Gasteiger partial charge in [0.25, 0.3) is 5.91 Å². The van der Waals surface area contributed by atoms with Crippen LogP contribution in [-0.4, -0.2) is 51.6 Å². The molecule has 2 aromatic heterocycles. The molecule has 0 bridgehead atoms. The van der Waals surface area contributed by atoms with Gasteiger partial charge in [-0.15, -0.1) is 0 Å². The van der Waals surface area contributed by atoms with Gasteiger partial charge in [0.15, 0.2) is 0 Å². The maximum absolute atomic E-state index is 14.7. The van der Waals surface area contributed by atoms with E-state index in [2.05, 4.69) is 25.6 Å². The number of aryl methyl sites for hydroxylation is 1. The van der Waals surface area contributed by atoms with Crippen LogP contribution in [0.25, 0.3) is 22.3 Å². The van der Waals surface area contributed by atoms with Gasteiger partial charge in [0, 0.05) is 30.1 Å². The molecule has 2 heterocycles. The molecular formula is C27H31F2N5O3. The molecule has 2 fully saturated rings. The highest BCUT2D eigenvalue weighted by Gasteiger charge is 2.33. The second-order valence-corrected chi connectivity index (χ2v) is 9.99. The van der Waals surface area contributed by atoms with Gasteiger partial charge in [-0.05, 0) is 56.7 Å². The molecular weight excluding hydrogens is 480 g/mol. The van der Waals surface area contributed by atoms with E-state index >= 15 is 0 Å². The number of hydrogen-bond donors (Lipinski definition) is 3. The number of carbonyl (C=O) groups excluding carboxylic acids is 2. The largest absolute Gasteiger partial charge is 0.493 e. The molecule has 5 rings (SSSR count). The van der Waals surface area contributed by atoms with Crippen LogP contribution in [0.3, 0.4) is 0 Å². The molecule has 0 aliphatic heterocycles. The zero-order valence-corrected chi connectivity index (χ0v) is 20.9. The number of carbonyl (C=O) groups is 2. The number of aromatic amines is 1. The monoisotopic (exact) mass is 511 g/mol. The van der Waals surface area contributed by atoms with Crippen molar-refractivity contribution in [3.8, 4) is 17.0 Å². The Morgan fingerprint density at radius 2 is 1.97 bits per heavy atom. The summed E-state index contributed by atoms with van der Waals surface area (Å²) in [5.74, 6) is 0.0690. The highest BCUT2D eigenvalue weighted by Crippen LogP contribution is 2.37. The number of benzene rings is 1. The molecule has 0 spiro atoms. The highest BCUT2D eigenvalue weighted by molar-refractivity contribution is 6.09. The Bertz CT molecular complexity index is 1320. The molecule has 10 heteroatoms. The van der Waals surface area contributed by atoms with Crippen molar-refractivity contribution in [3.05, 3.63) is 41.6 Å². The van der Waals surface area contributed by atoms with Gasteiger partial charge in [0.1, 0.15) is 35.3 Å². The smallest absolute Gasteiger partial charge is 0.255 e. The number of nitrogens with one attached hydrogen (secondary N) is 3. The molecule has 2 aliphatic carbocycles. The van der Waals surface area contributed by atoms with Crippen molar-refractivity contribution in [3.63, 3.8) is 0 Å². The number of hydrogen-bond acceptors (Lipinski definition) is 5. The summed E-state index contributed by atoms with van der Waals surface area (Å²) >= 11 is 0. The quantitative estimate of drug-likeness (QED) is 0.416. The summed E-state index contributed by atoms with van der Waals surface area (Å²) in [6, 6.07) is 3.42. The second kappa shape index (κ2) is 10.4. The third-order valence-corrected chi connectivity index (χ3v) is 7.14. The highest BCUT2D eigenvalue weighted by atomic mass is 19.1. The number of rotatable bonds is 8. The van der Waals surface area contributed by atoms with Gasteiger partial charge in [-0.1, -0.05) is 6.92 Å². The van der Waals surface area contributed by atoms with Gasteiger partial charge in [-0.2, -0.15) is 0 Å². The first kappa shape index (κ1) is 25.1. The molecule has 3 atom stereocenters. The van der Waals surface area contributed by atoms with E-state index in [9.17, 15) is 18.4 Å². The molecule has 0 radical (unpaired) electrons. The fourth-order valence-electron chi connectivity index (χ4n) is 4.88. The fourth-order valence-corrected chi connectivity index (χ4v) is 4.88. The van der Waals surface area contributed by atoms with E-state index in [1.807, 2.05) is 0 Å². The Labute approximate surface area is 213 Å². The predicted molar refractivity (Wildman–Crippen MR) is 134 cm³/mol. The van der Waals surface area contributed by atoms with Gasteiger partial charge in [-0.3, -0.25) is 9.59 Å². The zero-order chi connectivity index (χ0) is 26.1. The number of H-pyrrole nitrogens is 1. The summed E-state index contributed by atoms with van der Waals surface area (Å²) in [6.45, 7) is 4.04. The number of amides is 2. The molecule has 196 valence electrons. The summed E-state index contributed by atoms with van der Waals surface area (Å²) < 4.78 is 34.9. The van der Waals surface area contributed by atoms with Crippen LogP contribution in [0.2, 0.25) is 0 Å². The van der Waals surface area contributed by atoms with Crippen LogP contribution in [0.4, 0.5) is 8.78 Å². The average Bonchev–Trinajstić information content (AvgIpc) is 3.64. The third-order valence-electron chi connectivity index (χ3n) is 7.14. The van der Waals surface area contributed by atoms with Crippen molar-refractivity contribution in [2.24, 2.45) is 5.92 Å². The standard InChI is InChI=1S/C27H31F2N5O3/c1-3-22(35)34-20-8-7-17(11-19(20)29)33-27(36)23-14(2)32-26-24(30-13-31-25(23)26)18-10-16(28)6-9-21(18)37-12-15-4-5-15/h6,9-10,13,15,17,19-20,32H,3-5,7-8,11-12H2,1-2H3,(H,33,36)(H,34,35)/t17-,19+,20+/m0/s1. The number of nitrogens with zero attached hydrogens (tertiary/aromatic N) is 2. The molecule has 1 aromatic carbocycles. The SMILES string of the molecule is CCC(=O)N[C@@H]1CC[C@H](NC(=O)c2c(C)[nH]c3c(-c4cc(F)ccc4OCC4CC4)ncnc23)C[C@H]1F. The Kier molecular flexibility index (Phi) is 7.08. The van der Waals surface area contributed by atoms with Crippen LogP contribution in [0.15, 0.2) is 24.5 Å². The molecule has 0 saturated heterocycles. The van der Waals surface area contributed by atoms with Gasteiger partial charge in [0.2, 0.25) is 5.91 Å². The maximum Gasteiger partial charge on any atom is 0.255 e. The summed E-state index contributed by atoms with van der Waals surface area (Å²) in [5, 5.41) is 5.65. The third kappa shape index (κ3) is 5.42. The number of alkyl halides is 1. The van der Waals surface area contributed by atoms with E-state index in [-0.39, 0.29) is 24.3 Å². The van der Waals surface area contributed by atoms with Gasteiger partial charge >= 0.3 is 0 Å². The Balaban J connectivity index is 1.38. The van der Waals surface area contributed by atoms with Crippen molar-refractivity contribution in [1.82, 2.24) is 25.6 Å². The Hall–Kier alpha value is -3.56. The number of halogens is 2. The van der Waals surface area contributed by atoms with E-state index in [1.165, 1.54) is 18.5 Å².